The molecule has 0 aliphatic carbocycles. The molecule has 0 bridgehead atoms. The smallest absolute Gasteiger partial charge is 0.330 e. The number of aliphatic carboxylic acids is 1. The van der Waals surface area contributed by atoms with Crippen molar-refractivity contribution in [2.24, 2.45) is 5.92 Å². The maximum atomic E-state index is 14.4. The molecule has 4 unspecified atom stereocenters. The second-order valence-electron chi connectivity index (χ2n) is 9.74. The summed E-state index contributed by atoms with van der Waals surface area (Å²) < 4.78 is 5.88. The molecule has 0 spiro atoms. The number of ether oxygens (including phenoxy) is 1. The minimum Gasteiger partial charge on any atom is -0.497 e. The van der Waals surface area contributed by atoms with E-state index in [2.05, 4.69) is 0 Å². The monoisotopic (exact) mass is 593 g/mol. The van der Waals surface area contributed by atoms with Crippen LogP contribution in [0, 0.1) is 5.92 Å². The summed E-state index contributed by atoms with van der Waals surface area (Å²) in [5, 5.41) is 11.4. The number of likely N-dealkylation sites (tertiary alicyclic amines) is 1. The van der Waals surface area contributed by atoms with Crippen molar-refractivity contribution in [3.63, 3.8) is 0 Å². The number of thiophene rings is 1. The number of carbonyl (C=O) groups is 3. The number of Topliss-reactive ketones (excluding diaryl/α,β-unsaturated/α-hetero) is 1. The first-order valence-corrected chi connectivity index (χ1v) is 14.0. The number of hydrogen-bond donors (Lipinski definition) is 1. The molecule has 5 rings (SSSR count). The quantitative estimate of drug-likeness (QED) is 0.226. The van der Waals surface area contributed by atoms with E-state index in [1.54, 1.807) is 91.0 Å². The number of carbonyl (C=O) groups excluding carboxylic acids is 2. The van der Waals surface area contributed by atoms with E-state index in [9.17, 15) is 19.5 Å². The van der Waals surface area contributed by atoms with Crippen LogP contribution in [0.4, 0.5) is 0 Å². The molecule has 1 aliphatic rings. The van der Waals surface area contributed by atoms with Gasteiger partial charge >= 0.3 is 5.97 Å². The van der Waals surface area contributed by atoms with Gasteiger partial charge in [0.2, 0.25) is 0 Å². The Morgan fingerprint density at radius 1 is 0.900 bits per heavy atom. The molecule has 6 nitrogen and oxygen atoms in total. The molecule has 204 valence electrons. The average molecular weight is 595 g/mol. The van der Waals surface area contributed by atoms with E-state index in [0.29, 0.717) is 36.7 Å². The molecule has 1 fully saturated rings. The maximum absolute atomic E-state index is 14.4. The van der Waals surface area contributed by atoms with Gasteiger partial charge in [-0.2, -0.15) is 0 Å². The standard InChI is InChI=1S/C31H25Cl2NO5S/c1-31(30(37)38)26(20-9-6-10-22(17-20)39-2)25(28(35)23-15-16-24(33)40-23)27(18-11-13-21(32)14-12-18)34(31)29(36)19-7-4-3-5-8-19/h3-17,25-27H,1-2H3,(H,37,38). The first-order valence-electron chi connectivity index (χ1n) is 12.5. The second kappa shape index (κ2) is 11.1. The van der Waals surface area contributed by atoms with Crippen LogP contribution in [0.25, 0.3) is 0 Å². The lowest BCUT2D eigenvalue weighted by molar-refractivity contribution is -0.148. The van der Waals surface area contributed by atoms with Gasteiger partial charge in [-0.1, -0.05) is 65.7 Å². The molecule has 0 radical (unpaired) electrons. The Bertz CT molecular complexity index is 1570. The van der Waals surface area contributed by atoms with E-state index in [-0.39, 0.29) is 5.78 Å². The number of amides is 1. The van der Waals surface area contributed by atoms with E-state index >= 15 is 0 Å². The number of ketones is 1. The molecule has 1 N–H and O–H groups in total. The molecule has 3 aromatic carbocycles. The number of carboxylic acids is 1. The molecule has 1 aromatic heterocycles. The van der Waals surface area contributed by atoms with Crippen molar-refractivity contribution in [3.8, 4) is 5.75 Å². The highest BCUT2D eigenvalue weighted by molar-refractivity contribution is 7.18. The zero-order valence-electron chi connectivity index (χ0n) is 21.6. The number of benzene rings is 3. The van der Waals surface area contributed by atoms with Crippen LogP contribution in [0.15, 0.2) is 91.0 Å². The number of nitrogens with zero attached hydrogens (tertiary/aromatic N) is 1. The third kappa shape index (κ3) is 4.79. The van der Waals surface area contributed by atoms with Gasteiger partial charge in [-0.05, 0) is 66.6 Å². The van der Waals surface area contributed by atoms with Crippen molar-refractivity contribution in [2.45, 2.75) is 24.4 Å². The maximum Gasteiger partial charge on any atom is 0.330 e. The van der Waals surface area contributed by atoms with Crippen LogP contribution in [0.3, 0.4) is 0 Å². The topological polar surface area (TPSA) is 83.9 Å². The molecule has 4 aromatic rings. The van der Waals surface area contributed by atoms with E-state index in [0.717, 1.165) is 11.3 Å². The van der Waals surface area contributed by atoms with Crippen LogP contribution in [0.1, 0.15) is 50.0 Å². The SMILES string of the molecule is COc1cccc(C2C(C(=O)c3ccc(Cl)s3)C(c3ccc(Cl)cc3)N(C(=O)c3ccccc3)C2(C)C(=O)O)c1. The lowest BCUT2D eigenvalue weighted by atomic mass is 9.72. The Morgan fingerprint density at radius 2 is 1.60 bits per heavy atom. The number of carboxylic acid groups (broad SMARTS) is 1. The van der Waals surface area contributed by atoms with Gasteiger partial charge in [-0.3, -0.25) is 9.59 Å². The predicted molar refractivity (Wildman–Crippen MR) is 156 cm³/mol. The third-order valence-corrected chi connectivity index (χ3v) is 9.04. The Kier molecular flexibility index (Phi) is 7.73. The Balaban J connectivity index is 1.83. The van der Waals surface area contributed by atoms with Gasteiger partial charge in [0.25, 0.3) is 5.91 Å². The summed E-state index contributed by atoms with van der Waals surface area (Å²) in [5.74, 6) is -3.45. The van der Waals surface area contributed by atoms with Gasteiger partial charge in [0, 0.05) is 16.5 Å². The normalized spacial score (nSPS) is 22.2. The van der Waals surface area contributed by atoms with Gasteiger partial charge in [-0.25, -0.2) is 4.79 Å². The summed E-state index contributed by atoms with van der Waals surface area (Å²) in [4.78, 5) is 43.8. The number of hydrogen-bond acceptors (Lipinski definition) is 5. The fraction of sp³-hybridized carbons (Fsp3) is 0.194. The third-order valence-electron chi connectivity index (χ3n) is 7.54. The van der Waals surface area contributed by atoms with Crippen LogP contribution in [-0.4, -0.2) is 40.3 Å². The summed E-state index contributed by atoms with van der Waals surface area (Å²) in [6, 6.07) is 24.6. The Morgan fingerprint density at radius 3 is 2.20 bits per heavy atom. The highest BCUT2D eigenvalue weighted by Gasteiger charge is 2.65. The lowest BCUT2D eigenvalue weighted by Crippen LogP contribution is -2.54. The van der Waals surface area contributed by atoms with Crippen molar-refractivity contribution in [1.82, 2.24) is 4.90 Å². The summed E-state index contributed by atoms with van der Waals surface area (Å²) in [5.41, 5.74) is -0.365. The fourth-order valence-electron chi connectivity index (χ4n) is 5.71. The van der Waals surface area contributed by atoms with Crippen LogP contribution < -0.4 is 4.74 Å². The molecule has 1 saturated heterocycles. The van der Waals surface area contributed by atoms with E-state index in [4.69, 9.17) is 27.9 Å². The minimum atomic E-state index is -1.83. The molecule has 4 atom stereocenters. The van der Waals surface area contributed by atoms with Crippen molar-refractivity contribution in [2.75, 3.05) is 7.11 Å². The van der Waals surface area contributed by atoms with E-state index < -0.39 is 35.3 Å². The van der Waals surface area contributed by atoms with Crippen LogP contribution >= 0.6 is 34.5 Å². The average Bonchev–Trinajstić information content (AvgIpc) is 3.52. The Labute approximate surface area is 245 Å². The first kappa shape index (κ1) is 27.9. The highest BCUT2D eigenvalue weighted by atomic mass is 35.5. The second-order valence-corrected chi connectivity index (χ2v) is 11.9. The van der Waals surface area contributed by atoms with E-state index in [1.807, 2.05) is 0 Å². The number of rotatable bonds is 7. The molecular weight excluding hydrogens is 569 g/mol. The van der Waals surface area contributed by atoms with Crippen molar-refractivity contribution in [3.05, 3.63) is 122 Å². The molecule has 1 aliphatic heterocycles. The predicted octanol–water partition coefficient (Wildman–Crippen LogP) is 7.39. The van der Waals surface area contributed by atoms with Crippen molar-refractivity contribution in [1.29, 1.82) is 0 Å². The molecule has 40 heavy (non-hydrogen) atoms. The van der Waals surface area contributed by atoms with Crippen LogP contribution in [0.2, 0.25) is 9.36 Å². The highest BCUT2D eigenvalue weighted by Crippen LogP contribution is 2.57. The summed E-state index contributed by atoms with van der Waals surface area (Å²) in [7, 11) is 1.52. The number of methoxy groups -OCH3 is 1. The Hall–Kier alpha value is -3.65. The fourth-order valence-corrected chi connectivity index (χ4v) is 6.87. The van der Waals surface area contributed by atoms with Gasteiger partial charge in [-0.15, -0.1) is 11.3 Å². The summed E-state index contributed by atoms with van der Waals surface area (Å²) in [6.07, 6.45) is 0. The van der Waals surface area contributed by atoms with Gasteiger partial charge in [0.05, 0.1) is 28.3 Å². The zero-order chi connectivity index (χ0) is 28.6. The lowest BCUT2D eigenvalue weighted by Gasteiger charge is -2.38. The van der Waals surface area contributed by atoms with Crippen LogP contribution in [-0.2, 0) is 4.79 Å². The van der Waals surface area contributed by atoms with Gasteiger partial charge in [0.15, 0.2) is 5.78 Å². The van der Waals surface area contributed by atoms with Crippen molar-refractivity contribution < 1.29 is 24.2 Å². The van der Waals surface area contributed by atoms with E-state index in [1.165, 1.54) is 18.9 Å². The molecule has 9 heteroatoms. The van der Waals surface area contributed by atoms with Gasteiger partial charge in [0.1, 0.15) is 11.3 Å². The zero-order valence-corrected chi connectivity index (χ0v) is 23.9. The minimum absolute atomic E-state index is 0.305. The largest absolute Gasteiger partial charge is 0.497 e. The summed E-state index contributed by atoms with van der Waals surface area (Å²) in [6.45, 7) is 1.51. The van der Waals surface area contributed by atoms with Gasteiger partial charge < -0.3 is 14.7 Å². The number of halogens is 2. The molecule has 0 saturated carbocycles. The summed E-state index contributed by atoms with van der Waals surface area (Å²) >= 11 is 13.5. The molecule has 1 amide bonds. The van der Waals surface area contributed by atoms with Crippen molar-refractivity contribution >= 4 is 52.2 Å². The molecular formula is C31H25Cl2NO5S. The first-order chi connectivity index (χ1) is 19.2. The molecule has 2 heterocycles. The van der Waals surface area contributed by atoms with Crippen LogP contribution in [0.5, 0.6) is 5.75 Å².